The molecule has 1 aromatic carbocycles. The van der Waals surface area contributed by atoms with Crippen molar-refractivity contribution in [3.8, 4) is 0 Å². The average molecular weight is 287 g/mol. The SMILES string of the molecule is CN(CCc1ccncc1)C(=O)NCc1ccccc1F. The number of urea groups is 1. The second kappa shape index (κ2) is 7.38. The number of nitrogens with zero attached hydrogens (tertiary/aromatic N) is 2. The minimum atomic E-state index is -0.308. The molecule has 1 aromatic heterocycles. The van der Waals surface area contributed by atoms with Gasteiger partial charge in [-0.05, 0) is 30.2 Å². The Morgan fingerprint density at radius 1 is 1.24 bits per heavy atom. The van der Waals surface area contributed by atoms with Crippen LogP contribution < -0.4 is 5.32 Å². The van der Waals surface area contributed by atoms with Crippen LogP contribution >= 0.6 is 0 Å². The summed E-state index contributed by atoms with van der Waals surface area (Å²) < 4.78 is 13.4. The summed E-state index contributed by atoms with van der Waals surface area (Å²) >= 11 is 0. The van der Waals surface area contributed by atoms with Crippen LogP contribution in [0.15, 0.2) is 48.8 Å². The molecule has 0 spiro atoms. The lowest BCUT2D eigenvalue weighted by Gasteiger charge is -2.18. The maximum atomic E-state index is 13.4. The number of likely N-dealkylation sites (N-methyl/N-ethyl adjacent to an activating group) is 1. The van der Waals surface area contributed by atoms with Gasteiger partial charge in [-0.25, -0.2) is 9.18 Å². The van der Waals surface area contributed by atoms with E-state index in [1.54, 1.807) is 42.5 Å². The van der Waals surface area contributed by atoms with Crippen molar-refractivity contribution in [2.24, 2.45) is 0 Å². The van der Waals surface area contributed by atoms with Crippen molar-refractivity contribution in [1.82, 2.24) is 15.2 Å². The van der Waals surface area contributed by atoms with E-state index in [0.29, 0.717) is 12.1 Å². The van der Waals surface area contributed by atoms with Gasteiger partial charge in [0.2, 0.25) is 0 Å². The summed E-state index contributed by atoms with van der Waals surface area (Å²) in [6.45, 7) is 0.776. The summed E-state index contributed by atoms with van der Waals surface area (Å²) in [5.74, 6) is -0.308. The van der Waals surface area contributed by atoms with E-state index in [0.717, 1.165) is 12.0 Å². The zero-order valence-electron chi connectivity index (χ0n) is 11.9. The van der Waals surface area contributed by atoms with Gasteiger partial charge in [-0.2, -0.15) is 0 Å². The summed E-state index contributed by atoms with van der Waals surface area (Å²) in [6, 6.07) is 10.0. The van der Waals surface area contributed by atoms with E-state index >= 15 is 0 Å². The third-order valence-corrected chi connectivity index (χ3v) is 3.22. The lowest BCUT2D eigenvalue weighted by atomic mass is 10.2. The molecule has 0 saturated heterocycles. The maximum absolute atomic E-state index is 13.4. The molecule has 0 aliphatic rings. The number of aromatic nitrogens is 1. The van der Waals surface area contributed by atoms with E-state index in [-0.39, 0.29) is 18.4 Å². The average Bonchev–Trinajstić information content (AvgIpc) is 2.52. The van der Waals surface area contributed by atoms with Gasteiger partial charge >= 0.3 is 6.03 Å². The predicted octanol–water partition coefficient (Wildman–Crippen LogP) is 2.60. The molecule has 2 amide bonds. The Labute approximate surface area is 123 Å². The van der Waals surface area contributed by atoms with Crippen molar-refractivity contribution < 1.29 is 9.18 Å². The molecular formula is C16H18FN3O. The molecule has 5 heteroatoms. The Balaban J connectivity index is 1.79. The van der Waals surface area contributed by atoms with Gasteiger partial charge in [-0.3, -0.25) is 4.98 Å². The van der Waals surface area contributed by atoms with Crippen LogP contribution in [-0.4, -0.2) is 29.5 Å². The molecule has 110 valence electrons. The topological polar surface area (TPSA) is 45.2 Å². The largest absolute Gasteiger partial charge is 0.334 e. The second-order valence-electron chi connectivity index (χ2n) is 4.78. The highest BCUT2D eigenvalue weighted by Crippen LogP contribution is 2.06. The van der Waals surface area contributed by atoms with Gasteiger partial charge in [0.25, 0.3) is 0 Å². The van der Waals surface area contributed by atoms with Gasteiger partial charge in [0.05, 0.1) is 0 Å². The minimum Gasteiger partial charge on any atom is -0.334 e. The first kappa shape index (κ1) is 15.0. The van der Waals surface area contributed by atoms with Crippen molar-refractivity contribution in [3.05, 3.63) is 65.7 Å². The highest BCUT2D eigenvalue weighted by molar-refractivity contribution is 5.73. The number of pyridine rings is 1. The van der Waals surface area contributed by atoms with Gasteiger partial charge < -0.3 is 10.2 Å². The third-order valence-electron chi connectivity index (χ3n) is 3.22. The number of hydrogen-bond donors (Lipinski definition) is 1. The van der Waals surface area contributed by atoms with E-state index in [2.05, 4.69) is 10.3 Å². The first-order valence-corrected chi connectivity index (χ1v) is 6.78. The molecule has 0 atom stereocenters. The summed E-state index contributed by atoms with van der Waals surface area (Å²) in [5.41, 5.74) is 1.60. The number of carbonyl (C=O) groups is 1. The van der Waals surface area contributed by atoms with Crippen LogP contribution in [0, 0.1) is 5.82 Å². The second-order valence-corrected chi connectivity index (χ2v) is 4.78. The number of nitrogens with one attached hydrogen (secondary N) is 1. The van der Waals surface area contributed by atoms with E-state index in [1.807, 2.05) is 12.1 Å². The molecule has 2 aromatic rings. The molecule has 1 N–H and O–H groups in total. The molecule has 0 saturated carbocycles. The third kappa shape index (κ3) is 4.56. The summed E-state index contributed by atoms with van der Waals surface area (Å²) in [6.07, 6.45) is 4.22. The van der Waals surface area contributed by atoms with E-state index in [1.165, 1.54) is 6.07 Å². The lowest BCUT2D eigenvalue weighted by Crippen LogP contribution is -2.38. The Kier molecular flexibility index (Phi) is 5.26. The van der Waals surface area contributed by atoms with Gasteiger partial charge in [0.15, 0.2) is 0 Å². The molecule has 0 radical (unpaired) electrons. The highest BCUT2D eigenvalue weighted by atomic mass is 19.1. The summed E-state index contributed by atoms with van der Waals surface area (Å²) in [4.78, 5) is 17.5. The Morgan fingerprint density at radius 2 is 1.95 bits per heavy atom. The van der Waals surface area contributed by atoms with Gasteiger partial charge in [-0.15, -0.1) is 0 Å². The Bertz CT molecular complexity index is 589. The fraction of sp³-hybridized carbons (Fsp3) is 0.250. The number of amides is 2. The monoisotopic (exact) mass is 287 g/mol. The van der Waals surface area contributed by atoms with E-state index in [4.69, 9.17) is 0 Å². The smallest absolute Gasteiger partial charge is 0.317 e. The van der Waals surface area contributed by atoms with Crippen molar-refractivity contribution in [2.45, 2.75) is 13.0 Å². The first-order chi connectivity index (χ1) is 10.2. The van der Waals surface area contributed by atoms with E-state index in [9.17, 15) is 9.18 Å². The maximum Gasteiger partial charge on any atom is 0.317 e. The molecule has 0 bridgehead atoms. The van der Waals surface area contributed by atoms with Crippen molar-refractivity contribution >= 4 is 6.03 Å². The van der Waals surface area contributed by atoms with Crippen LogP contribution in [0.4, 0.5) is 9.18 Å². The van der Waals surface area contributed by atoms with Crippen LogP contribution in [0.1, 0.15) is 11.1 Å². The fourth-order valence-electron chi connectivity index (χ4n) is 1.90. The number of hydrogen-bond acceptors (Lipinski definition) is 2. The van der Waals surface area contributed by atoms with Gasteiger partial charge in [0, 0.05) is 38.1 Å². The lowest BCUT2D eigenvalue weighted by molar-refractivity contribution is 0.209. The number of benzene rings is 1. The van der Waals surface area contributed by atoms with Gasteiger partial charge in [-0.1, -0.05) is 18.2 Å². The molecule has 2 rings (SSSR count). The van der Waals surface area contributed by atoms with Crippen LogP contribution in [0.25, 0.3) is 0 Å². The molecule has 0 aliphatic heterocycles. The van der Waals surface area contributed by atoms with E-state index < -0.39 is 0 Å². The van der Waals surface area contributed by atoms with Crippen molar-refractivity contribution in [1.29, 1.82) is 0 Å². The zero-order chi connectivity index (χ0) is 15.1. The molecule has 0 unspecified atom stereocenters. The molecule has 21 heavy (non-hydrogen) atoms. The first-order valence-electron chi connectivity index (χ1n) is 6.78. The van der Waals surface area contributed by atoms with Gasteiger partial charge in [0.1, 0.15) is 5.82 Å². The number of carbonyl (C=O) groups excluding carboxylic acids is 1. The van der Waals surface area contributed by atoms with Crippen molar-refractivity contribution in [3.63, 3.8) is 0 Å². The standard InChI is InChI=1S/C16H18FN3O/c1-20(11-8-13-6-9-18-10-7-13)16(21)19-12-14-4-2-3-5-15(14)17/h2-7,9-10H,8,11-12H2,1H3,(H,19,21). The quantitative estimate of drug-likeness (QED) is 0.918. The predicted molar refractivity (Wildman–Crippen MR) is 79.2 cm³/mol. The molecule has 0 aliphatic carbocycles. The summed E-state index contributed by atoms with van der Waals surface area (Å²) in [5, 5.41) is 2.71. The van der Waals surface area contributed by atoms with Crippen LogP contribution in [0.2, 0.25) is 0 Å². The Morgan fingerprint density at radius 3 is 2.67 bits per heavy atom. The summed E-state index contributed by atoms with van der Waals surface area (Å²) in [7, 11) is 1.72. The molecule has 1 heterocycles. The number of halogens is 1. The fourth-order valence-corrected chi connectivity index (χ4v) is 1.90. The van der Waals surface area contributed by atoms with Crippen molar-refractivity contribution in [2.75, 3.05) is 13.6 Å². The zero-order valence-corrected chi connectivity index (χ0v) is 11.9. The highest BCUT2D eigenvalue weighted by Gasteiger charge is 2.09. The molecule has 4 nitrogen and oxygen atoms in total. The van der Waals surface area contributed by atoms with Crippen LogP contribution in [0.5, 0.6) is 0 Å². The molecule has 0 fully saturated rings. The minimum absolute atomic E-state index is 0.186. The molecular weight excluding hydrogens is 269 g/mol. The Hall–Kier alpha value is -2.43. The van der Waals surface area contributed by atoms with Crippen LogP contribution in [-0.2, 0) is 13.0 Å². The normalized spacial score (nSPS) is 10.2. The number of rotatable bonds is 5. The van der Waals surface area contributed by atoms with Crippen LogP contribution in [0.3, 0.4) is 0 Å².